The molecule has 2 aliphatic rings. The first-order valence-electron chi connectivity index (χ1n) is 11.2. The molecule has 0 bridgehead atoms. The maximum atomic E-state index is 12.6. The minimum atomic E-state index is -0.0997. The van der Waals surface area contributed by atoms with Crippen LogP contribution in [0.15, 0.2) is 47.1 Å². The summed E-state index contributed by atoms with van der Waals surface area (Å²) in [7, 11) is 0. The number of benzene rings is 2. The topological polar surface area (TPSA) is 83.8 Å². The fourth-order valence-corrected chi connectivity index (χ4v) is 4.46. The number of morpholine rings is 1. The number of ether oxygens (including phenoxy) is 1. The van der Waals surface area contributed by atoms with Gasteiger partial charge in [-0.05, 0) is 66.8 Å². The van der Waals surface area contributed by atoms with Gasteiger partial charge < -0.3 is 19.8 Å². The van der Waals surface area contributed by atoms with E-state index in [1.807, 2.05) is 0 Å². The van der Waals surface area contributed by atoms with Gasteiger partial charge >= 0.3 is 0 Å². The van der Waals surface area contributed by atoms with Crippen LogP contribution < -0.4 is 10.6 Å². The number of carbonyl (C=O) groups is 2. The van der Waals surface area contributed by atoms with Crippen LogP contribution in [0.5, 0.6) is 0 Å². The maximum absolute atomic E-state index is 12.6. The normalized spacial score (nSPS) is 16.1. The summed E-state index contributed by atoms with van der Waals surface area (Å²) in [6.45, 7) is 3.22. The van der Waals surface area contributed by atoms with Crippen LogP contribution in [-0.2, 0) is 33.6 Å². The molecule has 1 fully saturated rings. The van der Waals surface area contributed by atoms with E-state index < -0.39 is 0 Å². The molecule has 1 aliphatic carbocycles. The van der Waals surface area contributed by atoms with Crippen molar-refractivity contribution in [2.24, 2.45) is 0 Å². The van der Waals surface area contributed by atoms with Gasteiger partial charge in [-0.15, -0.1) is 0 Å². The van der Waals surface area contributed by atoms with Gasteiger partial charge in [0.1, 0.15) is 5.58 Å². The van der Waals surface area contributed by atoms with Crippen molar-refractivity contribution in [3.63, 3.8) is 0 Å². The van der Waals surface area contributed by atoms with Crippen molar-refractivity contribution in [3.8, 4) is 0 Å². The molecule has 2 heterocycles. The molecule has 5 rings (SSSR count). The van der Waals surface area contributed by atoms with Crippen molar-refractivity contribution in [2.75, 3.05) is 43.5 Å². The average Bonchev–Trinajstić information content (AvgIpc) is 3.40. The van der Waals surface area contributed by atoms with Gasteiger partial charge in [-0.25, -0.2) is 0 Å². The minimum Gasteiger partial charge on any atom is -0.464 e. The van der Waals surface area contributed by atoms with Crippen LogP contribution >= 0.6 is 0 Å². The lowest BCUT2D eigenvalue weighted by Gasteiger charge is -2.25. The van der Waals surface area contributed by atoms with Crippen LogP contribution in [0.1, 0.15) is 23.1 Å². The van der Waals surface area contributed by atoms with Crippen molar-refractivity contribution in [2.45, 2.75) is 25.7 Å². The van der Waals surface area contributed by atoms with Crippen LogP contribution in [0.4, 0.5) is 11.4 Å². The number of amides is 2. The Morgan fingerprint density at radius 2 is 1.56 bits per heavy atom. The Labute approximate surface area is 186 Å². The first-order valence-corrected chi connectivity index (χ1v) is 11.2. The van der Waals surface area contributed by atoms with E-state index in [1.54, 1.807) is 30.5 Å². The Bertz CT molecular complexity index is 1130. The summed E-state index contributed by atoms with van der Waals surface area (Å²) in [4.78, 5) is 26.9. The summed E-state index contributed by atoms with van der Waals surface area (Å²) < 4.78 is 11.0. The molecule has 3 aromatic rings. The summed E-state index contributed by atoms with van der Waals surface area (Å²) in [5, 5.41) is 6.86. The lowest BCUT2D eigenvalue weighted by Crippen LogP contribution is -2.41. The highest BCUT2D eigenvalue weighted by atomic mass is 16.5. The highest BCUT2D eigenvalue weighted by Gasteiger charge is 2.17. The second-order valence-electron chi connectivity index (χ2n) is 8.47. The first-order chi connectivity index (χ1) is 15.6. The van der Waals surface area contributed by atoms with Gasteiger partial charge in [-0.1, -0.05) is 0 Å². The first kappa shape index (κ1) is 20.7. The molecule has 0 saturated carbocycles. The van der Waals surface area contributed by atoms with Gasteiger partial charge in [0.2, 0.25) is 11.8 Å². The molecular weight excluding hydrogens is 406 g/mol. The van der Waals surface area contributed by atoms with Crippen LogP contribution in [0.2, 0.25) is 0 Å². The molecule has 7 heteroatoms. The van der Waals surface area contributed by atoms with E-state index in [2.05, 4.69) is 27.7 Å². The maximum Gasteiger partial charge on any atom is 0.238 e. The third-order valence-electron chi connectivity index (χ3n) is 6.14. The van der Waals surface area contributed by atoms with Crippen molar-refractivity contribution >= 4 is 34.2 Å². The number of nitrogens with one attached hydrogen (secondary N) is 2. The lowest BCUT2D eigenvalue weighted by molar-refractivity contribution is -0.118. The molecule has 0 spiro atoms. The predicted octanol–water partition coefficient (Wildman–Crippen LogP) is 3.37. The number of rotatable bonds is 6. The van der Waals surface area contributed by atoms with Crippen LogP contribution in [0, 0.1) is 0 Å². The smallest absolute Gasteiger partial charge is 0.238 e. The van der Waals surface area contributed by atoms with E-state index in [9.17, 15) is 9.59 Å². The zero-order chi connectivity index (χ0) is 21.9. The fourth-order valence-electron chi connectivity index (χ4n) is 4.46. The standard InChI is InChI=1S/C25H27N3O4/c29-24(14-19-16-32-23-13-18-3-1-2-17(18)12-22(19)23)26-20-4-6-21(7-5-20)27-25(30)15-28-8-10-31-11-9-28/h4-7,12-13,16H,1-3,8-11,14-15H2,(H,26,29)(H,27,30). The molecule has 2 amide bonds. The molecule has 0 unspecified atom stereocenters. The Balaban J connectivity index is 1.16. The minimum absolute atomic E-state index is 0.0537. The fraction of sp³-hybridized carbons (Fsp3) is 0.360. The van der Waals surface area contributed by atoms with E-state index in [-0.39, 0.29) is 18.2 Å². The summed E-state index contributed by atoms with van der Waals surface area (Å²) in [6, 6.07) is 11.5. The van der Waals surface area contributed by atoms with Crippen LogP contribution in [0.25, 0.3) is 11.0 Å². The Kier molecular flexibility index (Phi) is 5.92. The molecule has 2 N–H and O–H groups in total. The van der Waals surface area contributed by atoms with Crippen molar-refractivity contribution < 1.29 is 18.7 Å². The zero-order valence-corrected chi connectivity index (χ0v) is 18.0. The average molecular weight is 434 g/mol. The highest BCUT2D eigenvalue weighted by molar-refractivity contribution is 5.96. The summed E-state index contributed by atoms with van der Waals surface area (Å²) in [5.74, 6) is -0.153. The predicted molar refractivity (Wildman–Crippen MR) is 123 cm³/mol. The molecule has 0 atom stereocenters. The number of anilines is 2. The number of aryl methyl sites for hydroxylation is 2. The van der Waals surface area contributed by atoms with E-state index in [0.29, 0.717) is 31.1 Å². The van der Waals surface area contributed by atoms with Gasteiger partial charge in [0.25, 0.3) is 0 Å². The number of furan rings is 1. The van der Waals surface area contributed by atoms with Crippen molar-refractivity contribution in [1.29, 1.82) is 0 Å². The Morgan fingerprint density at radius 3 is 2.28 bits per heavy atom. The third kappa shape index (κ3) is 4.69. The number of hydrogen-bond acceptors (Lipinski definition) is 5. The Hall–Kier alpha value is -3.16. The van der Waals surface area contributed by atoms with Gasteiger partial charge in [0.15, 0.2) is 0 Å². The number of nitrogens with zero attached hydrogens (tertiary/aromatic N) is 1. The van der Waals surface area contributed by atoms with E-state index in [1.165, 1.54) is 17.5 Å². The monoisotopic (exact) mass is 433 g/mol. The largest absolute Gasteiger partial charge is 0.464 e. The van der Waals surface area contributed by atoms with E-state index in [0.717, 1.165) is 42.5 Å². The van der Waals surface area contributed by atoms with Gasteiger partial charge in [0, 0.05) is 35.4 Å². The number of fused-ring (bicyclic) bond motifs is 2. The second kappa shape index (κ2) is 9.14. The molecule has 32 heavy (non-hydrogen) atoms. The van der Waals surface area contributed by atoms with Crippen molar-refractivity contribution in [3.05, 3.63) is 59.4 Å². The van der Waals surface area contributed by atoms with Crippen LogP contribution in [0.3, 0.4) is 0 Å². The van der Waals surface area contributed by atoms with Gasteiger partial charge in [-0.2, -0.15) is 0 Å². The van der Waals surface area contributed by atoms with Crippen LogP contribution in [-0.4, -0.2) is 49.6 Å². The van der Waals surface area contributed by atoms with Crippen molar-refractivity contribution in [1.82, 2.24) is 4.90 Å². The molecule has 1 saturated heterocycles. The SMILES string of the molecule is O=C(Cc1coc2cc3c(cc12)CCC3)Nc1ccc(NC(=O)CN2CCOCC2)cc1. The number of carbonyl (C=O) groups excluding carboxylic acids is 2. The summed E-state index contributed by atoms with van der Waals surface area (Å²) in [6.07, 6.45) is 5.32. The third-order valence-corrected chi connectivity index (χ3v) is 6.14. The molecule has 1 aliphatic heterocycles. The molecule has 166 valence electrons. The molecule has 1 aromatic heterocycles. The zero-order valence-electron chi connectivity index (χ0n) is 18.0. The summed E-state index contributed by atoms with van der Waals surface area (Å²) >= 11 is 0. The number of hydrogen-bond donors (Lipinski definition) is 2. The van der Waals surface area contributed by atoms with E-state index in [4.69, 9.17) is 9.15 Å². The molecule has 0 radical (unpaired) electrons. The second-order valence-corrected chi connectivity index (χ2v) is 8.47. The lowest BCUT2D eigenvalue weighted by atomic mass is 10.0. The summed E-state index contributed by atoms with van der Waals surface area (Å²) in [5.41, 5.74) is 5.88. The molecule has 2 aromatic carbocycles. The van der Waals surface area contributed by atoms with Gasteiger partial charge in [0.05, 0.1) is 32.4 Å². The van der Waals surface area contributed by atoms with E-state index >= 15 is 0 Å². The van der Waals surface area contributed by atoms with Gasteiger partial charge in [-0.3, -0.25) is 14.5 Å². The Morgan fingerprint density at radius 1 is 0.906 bits per heavy atom. The quantitative estimate of drug-likeness (QED) is 0.623. The molecular formula is C25H27N3O4. The molecule has 7 nitrogen and oxygen atoms in total. The highest BCUT2D eigenvalue weighted by Crippen LogP contribution is 2.30.